The first-order valence-electron chi connectivity index (χ1n) is 18.8. The number of carbonyl (C=O) groups is 6. The second kappa shape index (κ2) is 24.9. The number of carbonyl (C=O) groups excluding carboxylic acids is 6. The van der Waals surface area contributed by atoms with Gasteiger partial charge >= 0.3 is 24.0 Å². The van der Waals surface area contributed by atoms with Gasteiger partial charge in [-0.25, -0.2) is 9.59 Å². The van der Waals surface area contributed by atoms with Gasteiger partial charge in [0.25, 0.3) is 0 Å². The molecule has 17 heteroatoms. The van der Waals surface area contributed by atoms with Crippen LogP contribution in [0, 0.1) is 0 Å². The van der Waals surface area contributed by atoms with Crippen molar-refractivity contribution < 1.29 is 52.5 Å². The van der Waals surface area contributed by atoms with Crippen LogP contribution in [0.2, 0.25) is 0 Å². The second-order valence-electron chi connectivity index (χ2n) is 14.4. The fourth-order valence-corrected chi connectivity index (χ4v) is 5.41. The highest BCUT2D eigenvalue weighted by atomic mass is 35.6. The Bertz CT molecular complexity index is 1790. The lowest BCUT2D eigenvalue weighted by Gasteiger charge is -2.24. The summed E-state index contributed by atoms with van der Waals surface area (Å²) in [4.78, 5) is 78.6. The molecular formula is C42H50Cl3N3O11. The van der Waals surface area contributed by atoms with Gasteiger partial charge < -0.3 is 39.6 Å². The predicted molar refractivity (Wildman–Crippen MR) is 220 cm³/mol. The van der Waals surface area contributed by atoms with Gasteiger partial charge in [-0.2, -0.15) is 0 Å². The molecule has 3 amide bonds. The van der Waals surface area contributed by atoms with Crippen LogP contribution in [0.1, 0.15) is 69.6 Å². The van der Waals surface area contributed by atoms with Crippen LogP contribution < -0.4 is 16.0 Å². The summed E-state index contributed by atoms with van der Waals surface area (Å²) in [6.07, 6.45) is -2.55. The predicted octanol–water partition coefficient (Wildman–Crippen LogP) is 6.42. The highest BCUT2D eigenvalue weighted by Gasteiger charge is 2.30. The van der Waals surface area contributed by atoms with Crippen molar-refractivity contribution in [1.29, 1.82) is 0 Å². The van der Waals surface area contributed by atoms with Gasteiger partial charge in [0.05, 0.1) is 32.1 Å². The zero-order valence-corrected chi connectivity index (χ0v) is 35.4. The molecule has 3 aromatic rings. The molecule has 3 N–H and O–H groups in total. The van der Waals surface area contributed by atoms with Crippen LogP contribution in [0.3, 0.4) is 0 Å². The maximum Gasteiger partial charge on any atom is 0.408 e. The molecule has 0 aliphatic heterocycles. The molecule has 0 aromatic heterocycles. The summed E-state index contributed by atoms with van der Waals surface area (Å²) in [7, 11) is 0. The summed E-state index contributed by atoms with van der Waals surface area (Å²) < 4.78 is 25.1. The Balaban J connectivity index is 1.75. The number of rotatable bonds is 22. The van der Waals surface area contributed by atoms with Crippen molar-refractivity contribution in [2.75, 3.05) is 13.2 Å². The summed E-state index contributed by atoms with van der Waals surface area (Å²) in [5, 5.41) is 7.83. The number of hydrogen-bond donors (Lipinski definition) is 3. The Hall–Kier alpha value is -4.89. The molecule has 0 saturated heterocycles. The zero-order chi connectivity index (χ0) is 43.3. The van der Waals surface area contributed by atoms with Crippen LogP contribution in [-0.2, 0) is 67.5 Å². The van der Waals surface area contributed by atoms with E-state index < -0.39 is 76.4 Å². The normalized spacial score (nSPS) is 12.8. The van der Waals surface area contributed by atoms with Gasteiger partial charge in [-0.1, -0.05) is 126 Å². The average molecular weight is 879 g/mol. The standard InChI is InChI=1S/C42H50Cl3N3O11/c1-41(2,3)59-40(54)48-34(39(53)57-26-31-17-11-6-12-18-31)23-36(50)46-32(19-20-37(51)56-25-30-15-9-5-10-16-30)21-35(49)47-33(22-38(52)58-28-42(43,44)45)27-55-24-29-13-7-4-8-14-29/h4-18,32-34H,19-28H2,1-3H3,(H,46,50)(H,47,49)(H,48,54)/t32-,33+,34-/m0/s1. The Morgan fingerprint density at radius 3 is 1.64 bits per heavy atom. The summed E-state index contributed by atoms with van der Waals surface area (Å²) in [6.45, 7) is 4.32. The number of esters is 3. The van der Waals surface area contributed by atoms with Crippen LogP contribution in [0.25, 0.3) is 0 Å². The molecule has 0 spiro atoms. The minimum atomic E-state index is -1.86. The fraction of sp³-hybridized carbons (Fsp3) is 0.429. The van der Waals surface area contributed by atoms with E-state index in [0.29, 0.717) is 5.56 Å². The van der Waals surface area contributed by atoms with Gasteiger partial charge in [0.1, 0.15) is 31.5 Å². The molecule has 3 atom stereocenters. The summed E-state index contributed by atoms with van der Waals surface area (Å²) in [6, 6.07) is 23.6. The number of halogens is 3. The number of alkyl carbamates (subject to hydrolysis) is 1. The molecule has 0 unspecified atom stereocenters. The van der Waals surface area contributed by atoms with Crippen LogP contribution in [0.5, 0.6) is 0 Å². The Kier molecular flexibility index (Phi) is 20.5. The highest BCUT2D eigenvalue weighted by Crippen LogP contribution is 2.26. The van der Waals surface area contributed by atoms with Crippen molar-refractivity contribution >= 4 is 70.6 Å². The van der Waals surface area contributed by atoms with Gasteiger partial charge in [-0.15, -0.1) is 0 Å². The molecule has 0 aliphatic carbocycles. The van der Waals surface area contributed by atoms with Gasteiger partial charge in [0, 0.05) is 18.9 Å². The quantitative estimate of drug-likeness (QED) is 0.0575. The molecule has 0 radical (unpaired) electrons. The van der Waals surface area contributed by atoms with Crippen molar-refractivity contribution in [1.82, 2.24) is 16.0 Å². The van der Waals surface area contributed by atoms with Crippen LogP contribution in [0.15, 0.2) is 91.0 Å². The van der Waals surface area contributed by atoms with Gasteiger partial charge in [-0.3, -0.25) is 19.2 Å². The lowest BCUT2D eigenvalue weighted by molar-refractivity contribution is -0.149. The van der Waals surface area contributed by atoms with Crippen LogP contribution >= 0.6 is 34.8 Å². The molecular weight excluding hydrogens is 829 g/mol. The first kappa shape index (κ1) is 48.5. The van der Waals surface area contributed by atoms with Gasteiger partial charge in [0.2, 0.25) is 15.6 Å². The molecule has 3 rings (SSSR count). The second-order valence-corrected chi connectivity index (χ2v) is 16.9. The number of hydrogen-bond acceptors (Lipinski definition) is 11. The minimum Gasteiger partial charge on any atom is -0.461 e. The maximum atomic E-state index is 13.6. The molecule has 0 saturated carbocycles. The molecule has 14 nitrogen and oxygen atoms in total. The van der Waals surface area contributed by atoms with E-state index in [-0.39, 0.29) is 52.1 Å². The first-order chi connectivity index (χ1) is 27.9. The number of benzene rings is 3. The average Bonchev–Trinajstić information content (AvgIpc) is 3.17. The molecule has 0 heterocycles. The largest absolute Gasteiger partial charge is 0.461 e. The van der Waals surface area contributed by atoms with E-state index in [1.807, 2.05) is 36.4 Å². The van der Waals surface area contributed by atoms with E-state index in [0.717, 1.165) is 11.1 Å². The third-order valence-corrected chi connectivity index (χ3v) is 8.26. The number of alkyl halides is 3. The van der Waals surface area contributed by atoms with E-state index in [1.165, 1.54) is 0 Å². The molecule has 0 aliphatic rings. The monoisotopic (exact) mass is 877 g/mol. The molecule has 320 valence electrons. The summed E-state index contributed by atoms with van der Waals surface area (Å²) >= 11 is 17.2. The van der Waals surface area contributed by atoms with Crippen molar-refractivity contribution in [3.8, 4) is 0 Å². The zero-order valence-electron chi connectivity index (χ0n) is 33.1. The Morgan fingerprint density at radius 2 is 1.10 bits per heavy atom. The van der Waals surface area contributed by atoms with Crippen molar-refractivity contribution in [2.45, 2.75) is 100 Å². The van der Waals surface area contributed by atoms with E-state index >= 15 is 0 Å². The van der Waals surface area contributed by atoms with Gasteiger partial charge in [-0.05, 0) is 43.9 Å². The van der Waals surface area contributed by atoms with E-state index in [9.17, 15) is 28.8 Å². The minimum absolute atomic E-state index is 0.0132. The van der Waals surface area contributed by atoms with Crippen molar-refractivity contribution in [3.63, 3.8) is 0 Å². The number of ether oxygens (including phenoxy) is 5. The van der Waals surface area contributed by atoms with Gasteiger partial charge in [0.15, 0.2) is 0 Å². The lowest BCUT2D eigenvalue weighted by Crippen LogP contribution is -2.48. The third kappa shape index (κ3) is 22.2. The van der Waals surface area contributed by atoms with Crippen LogP contribution in [0.4, 0.5) is 4.79 Å². The highest BCUT2D eigenvalue weighted by molar-refractivity contribution is 6.67. The summed E-state index contributed by atoms with van der Waals surface area (Å²) in [5.41, 5.74) is 1.37. The Morgan fingerprint density at radius 1 is 0.593 bits per heavy atom. The van der Waals surface area contributed by atoms with Crippen LogP contribution in [-0.4, -0.2) is 76.5 Å². The van der Waals surface area contributed by atoms with Crippen molar-refractivity contribution in [2.24, 2.45) is 0 Å². The maximum absolute atomic E-state index is 13.6. The smallest absolute Gasteiger partial charge is 0.408 e. The molecule has 0 bridgehead atoms. The number of nitrogens with one attached hydrogen (secondary N) is 3. The SMILES string of the molecule is CC(C)(C)OC(=O)N[C@@H](CC(=O)N[C@@H](CCC(=O)OCc1ccccc1)CC(=O)N[C@@H](COCc1ccccc1)CC(=O)OCC(Cl)(Cl)Cl)C(=O)OCc1ccccc1. The van der Waals surface area contributed by atoms with Crippen molar-refractivity contribution in [3.05, 3.63) is 108 Å². The Labute approximate surface area is 358 Å². The fourth-order valence-electron chi connectivity index (χ4n) is 5.25. The first-order valence-corrected chi connectivity index (χ1v) is 19.9. The number of amides is 3. The summed E-state index contributed by atoms with van der Waals surface area (Å²) in [5.74, 6) is -3.66. The third-order valence-electron chi connectivity index (χ3n) is 7.93. The van der Waals surface area contributed by atoms with E-state index in [4.69, 9.17) is 58.5 Å². The molecule has 0 fully saturated rings. The molecule has 59 heavy (non-hydrogen) atoms. The van der Waals surface area contributed by atoms with E-state index in [1.54, 1.807) is 75.4 Å². The van der Waals surface area contributed by atoms with E-state index in [2.05, 4.69) is 16.0 Å². The molecule has 3 aromatic carbocycles. The lowest BCUT2D eigenvalue weighted by atomic mass is 10.1. The topological polar surface area (TPSA) is 185 Å².